The molecule has 96 valence electrons. The first-order valence-corrected chi connectivity index (χ1v) is 5.63. The lowest BCUT2D eigenvalue weighted by atomic mass is 10.1. The van der Waals surface area contributed by atoms with E-state index in [1.54, 1.807) is 13.0 Å². The quantitative estimate of drug-likeness (QED) is 0.701. The molecule has 0 saturated carbocycles. The molecule has 5 heteroatoms. The van der Waals surface area contributed by atoms with Gasteiger partial charge in [-0.25, -0.2) is 4.79 Å². The highest BCUT2D eigenvalue weighted by Crippen LogP contribution is 2.14. The fourth-order valence-electron chi connectivity index (χ4n) is 1.43. The van der Waals surface area contributed by atoms with Crippen molar-refractivity contribution in [1.29, 1.82) is 0 Å². The van der Waals surface area contributed by atoms with Crippen LogP contribution in [-0.4, -0.2) is 28.8 Å². The Balaban J connectivity index is 2.48. The van der Waals surface area contributed by atoms with Crippen LogP contribution in [-0.2, 0) is 6.54 Å². The lowest BCUT2D eigenvalue weighted by Gasteiger charge is -2.14. The second-order valence-corrected chi connectivity index (χ2v) is 4.47. The molecule has 0 aliphatic rings. The molecule has 0 aromatic carbocycles. The number of aliphatic hydroxyl groups is 1. The molecule has 0 amide bonds. The monoisotopic (exact) mass is 241 g/mol. The van der Waals surface area contributed by atoms with E-state index in [2.05, 4.69) is 5.32 Å². The molecule has 1 atom stereocenters. The summed E-state index contributed by atoms with van der Waals surface area (Å²) in [5.41, 5.74) is 0.610. The van der Waals surface area contributed by atoms with Crippen LogP contribution in [0.3, 0.4) is 0 Å². The fraction of sp³-hybridized carbons (Fsp3) is 0.583. The molecule has 3 N–H and O–H groups in total. The van der Waals surface area contributed by atoms with Gasteiger partial charge < -0.3 is 19.9 Å². The maximum atomic E-state index is 10.8. The van der Waals surface area contributed by atoms with Crippen LogP contribution in [0.2, 0.25) is 0 Å². The Morgan fingerprint density at radius 2 is 2.18 bits per heavy atom. The third-order valence-electron chi connectivity index (χ3n) is 2.59. The number of carbonyl (C=O) groups is 1. The Morgan fingerprint density at radius 1 is 1.53 bits per heavy atom. The Morgan fingerprint density at radius 3 is 2.65 bits per heavy atom. The van der Waals surface area contributed by atoms with E-state index in [1.165, 1.54) is 0 Å². The minimum atomic E-state index is -1.06. The van der Waals surface area contributed by atoms with Gasteiger partial charge in [0, 0.05) is 12.1 Å². The van der Waals surface area contributed by atoms with Crippen molar-refractivity contribution in [1.82, 2.24) is 5.32 Å². The lowest BCUT2D eigenvalue weighted by molar-refractivity contribution is 0.0658. The van der Waals surface area contributed by atoms with E-state index in [0.29, 0.717) is 24.4 Å². The summed E-state index contributed by atoms with van der Waals surface area (Å²) in [6.07, 6.45) is -0.412. The van der Waals surface area contributed by atoms with Crippen LogP contribution in [0.5, 0.6) is 0 Å². The number of aliphatic hydroxyl groups excluding tert-OH is 1. The highest BCUT2D eigenvalue weighted by atomic mass is 16.4. The number of nitrogens with one attached hydrogen (secondary N) is 1. The number of carboxylic acid groups (broad SMARTS) is 1. The molecule has 1 aromatic heterocycles. The molecular formula is C12H19NO4. The number of aromatic carboxylic acids is 1. The van der Waals surface area contributed by atoms with Gasteiger partial charge in [0.2, 0.25) is 5.76 Å². The maximum absolute atomic E-state index is 10.8. The van der Waals surface area contributed by atoms with E-state index in [4.69, 9.17) is 9.52 Å². The van der Waals surface area contributed by atoms with Gasteiger partial charge in [-0.1, -0.05) is 13.8 Å². The molecule has 0 fully saturated rings. The molecule has 17 heavy (non-hydrogen) atoms. The summed E-state index contributed by atoms with van der Waals surface area (Å²) in [6.45, 7) is 6.44. The van der Waals surface area contributed by atoms with Crippen molar-refractivity contribution < 1.29 is 19.4 Å². The van der Waals surface area contributed by atoms with Crippen molar-refractivity contribution >= 4 is 5.97 Å². The van der Waals surface area contributed by atoms with Crippen LogP contribution in [0, 0.1) is 12.8 Å². The summed E-state index contributed by atoms with van der Waals surface area (Å²) in [5.74, 6) is -0.326. The van der Waals surface area contributed by atoms with Gasteiger partial charge in [0.05, 0.1) is 12.6 Å². The molecule has 1 aromatic rings. The predicted molar refractivity (Wildman–Crippen MR) is 63.0 cm³/mol. The van der Waals surface area contributed by atoms with E-state index in [1.807, 2.05) is 13.8 Å². The molecule has 0 saturated heterocycles. The van der Waals surface area contributed by atoms with Gasteiger partial charge in [-0.05, 0) is 18.9 Å². The first-order chi connectivity index (χ1) is 7.91. The van der Waals surface area contributed by atoms with Crippen molar-refractivity contribution in [2.24, 2.45) is 5.92 Å². The van der Waals surface area contributed by atoms with E-state index >= 15 is 0 Å². The average Bonchev–Trinajstić information content (AvgIpc) is 2.59. The van der Waals surface area contributed by atoms with Gasteiger partial charge in [-0.15, -0.1) is 0 Å². The number of rotatable bonds is 6. The van der Waals surface area contributed by atoms with E-state index in [-0.39, 0.29) is 11.7 Å². The number of hydrogen-bond acceptors (Lipinski definition) is 4. The molecule has 0 bridgehead atoms. The maximum Gasteiger partial charge on any atom is 0.372 e. The average molecular weight is 241 g/mol. The van der Waals surface area contributed by atoms with Gasteiger partial charge in [-0.3, -0.25) is 0 Å². The lowest BCUT2D eigenvalue weighted by Crippen LogP contribution is -2.30. The molecule has 5 nitrogen and oxygen atoms in total. The molecule has 0 aliphatic heterocycles. The smallest absolute Gasteiger partial charge is 0.372 e. The van der Waals surface area contributed by atoms with Gasteiger partial charge in [0.15, 0.2) is 0 Å². The Labute approximate surface area is 100 Å². The molecule has 0 spiro atoms. The van der Waals surface area contributed by atoms with E-state index < -0.39 is 12.1 Å². The molecule has 1 rings (SSSR count). The molecule has 1 unspecified atom stereocenters. The zero-order valence-electron chi connectivity index (χ0n) is 10.4. The minimum absolute atomic E-state index is 0.0220. The second kappa shape index (κ2) is 5.84. The summed E-state index contributed by atoms with van der Waals surface area (Å²) >= 11 is 0. The summed E-state index contributed by atoms with van der Waals surface area (Å²) in [5, 5.41) is 21.4. The largest absolute Gasteiger partial charge is 0.475 e. The SMILES string of the molecule is Cc1cc(CNCC(O)C(C)C)oc1C(=O)O. The summed E-state index contributed by atoms with van der Waals surface area (Å²) in [4.78, 5) is 10.8. The summed E-state index contributed by atoms with van der Waals surface area (Å²) < 4.78 is 5.17. The second-order valence-electron chi connectivity index (χ2n) is 4.47. The highest BCUT2D eigenvalue weighted by Gasteiger charge is 2.14. The Kier molecular flexibility index (Phi) is 4.72. The first-order valence-electron chi connectivity index (χ1n) is 5.63. The normalized spacial score (nSPS) is 13.0. The third kappa shape index (κ3) is 3.87. The van der Waals surface area contributed by atoms with Crippen molar-refractivity contribution in [3.63, 3.8) is 0 Å². The van der Waals surface area contributed by atoms with Crippen LogP contribution in [0.15, 0.2) is 10.5 Å². The van der Waals surface area contributed by atoms with Crippen molar-refractivity contribution in [2.45, 2.75) is 33.4 Å². The van der Waals surface area contributed by atoms with Gasteiger partial charge >= 0.3 is 5.97 Å². The molecule has 0 radical (unpaired) electrons. The van der Waals surface area contributed by atoms with Crippen molar-refractivity contribution in [2.75, 3.05) is 6.54 Å². The van der Waals surface area contributed by atoms with Crippen LogP contribution >= 0.6 is 0 Å². The number of hydrogen-bond donors (Lipinski definition) is 3. The molecule has 1 heterocycles. The Bertz CT molecular complexity index is 384. The predicted octanol–water partition coefficient (Wildman–Crippen LogP) is 1.39. The summed E-state index contributed by atoms with van der Waals surface area (Å²) in [7, 11) is 0. The fourth-order valence-corrected chi connectivity index (χ4v) is 1.43. The van der Waals surface area contributed by atoms with Gasteiger partial charge in [0.25, 0.3) is 0 Å². The van der Waals surface area contributed by atoms with Crippen molar-refractivity contribution in [3.05, 3.63) is 23.2 Å². The number of carboxylic acids is 1. The minimum Gasteiger partial charge on any atom is -0.475 e. The topological polar surface area (TPSA) is 82.7 Å². The van der Waals surface area contributed by atoms with E-state index in [0.717, 1.165) is 0 Å². The first kappa shape index (κ1) is 13.7. The van der Waals surface area contributed by atoms with E-state index in [9.17, 15) is 9.90 Å². The number of aryl methyl sites for hydroxylation is 1. The standard InChI is InChI=1S/C12H19NO4/c1-7(2)10(14)6-13-5-9-4-8(3)11(17-9)12(15)16/h4,7,10,13-14H,5-6H2,1-3H3,(H,15,16). The van der Waals surface area contributed by atoms with Crippen LogP contribution in [0.4, 0.5) is 0 Å². The molecular weight excluding hydrogens is 222 g/mol. The third-order valence-corrected chi connectivity index (χ3v) is 2.59. The highest BCUT2D eigenvalue weighted by molar-refractivity contribution is 5.86. The number of furan rings is 1. The molecule has 0 aliphatic carbocycles. The van der Waals surface area contributed by atoms with Crippen LogP contribution in [0.1, 0.15) is 35.7 Å². The van der Waals surface area contributed by atoms with Crippen LogP contribution in [0.25, 0.3) is 0 Å². The zero-order valence-corrected chi connectivity index (χ0v) is 10.4. The van der Waals surface area contributed by atoms with Gasteiger partial charge in [-0.2, -0.15) is 0 Å². The summed E-state index contributed by atoms with van der Waals surface area (Å²) in [6, 6.07) is 1.69. The Hall–Kier alpha value is -1.33. The van der Waals surface area contributed by atoms with Gasteiger partial charge in [0.1, 0.15) is 5.76 Å². The van der Waals surface area contributed by atoms with Crippen LogP contribution < -0.4 is 5.32 Å². The van der Waals surface area contributed by atoms with Crippen molar-refractivity contribution in [3.8, 4) is 0 Å². The zero-order chi connectivity index (χ0) is 13.0.